The number of carbonyl (C=O) groups excluding carboxylic acids is 1. The zero-order valence-corrected chi connectivity index (χ0v) is 21.6. The number of anilines is 1. The molecule has 2 N–H and O–H groups in total. The van der Waals surface area contributed by atoms with Crippen molar-refractivity contribution in [2.24, 2.45) is 0 Å². The number of thiazole rings is 1. The standard InChI is InChI=1S/C28H30N6OS/c1-17(19-7-9-25-22(15-19)31-27(36-25)18-10-13-32(2)14-11-18)33(3)28(35)20-6-8-21-24(16-20)34-12-4-5-23(34)26(29)30-21/h4-9,12,15-18H,10-11,13-14H2,1-3H3,(H2,29,30). The number of nitrogens with zero attached hydrogens (tertiary/aromatic N) is 5. The third kappa shape index (κ3) is 3.90. The molecule has 0 radical (unpaired) electrons. The lowest BCUT2D eigenvalue weighted by Gasteiger charge is -2.27. The van der Waals surface area contributed by atoms with Crippen LogP contribution in [0.15, 0.2) is 54.7 Å². The molecule has 3 aromatic heterocycles. The maximum Gasteiger partial charge on any atom is 0.254 e. The van der Waals surface area contributed by atoms with E-state index >= 15 is 0 Å². The number of nitrogen functional groups attached to an aromatic ring is 1. The number of aromatic nitrogens is 3. The van der Waals surface area contributed by atoms with Crippen molar-refractivity contribution in [2.45, 2.75) is 31.7 Å². The van der Waals surface area contributed by atoms with E-state index in [1.54, 1.807) is 4.90 Å². The zero-order valence-electron chi connectivity index (χ0n) is 20.8. The molecule has 1 amide bonds. The minimum absolute atomic E-state index is 0.0353. The first kappa shape index (κ1) is 22.9. The monoisotopic (exact) mass is 498 g/mol. The van der Waals surface area contributed by atoms with Gasteiger partial charge >= 0.3 is 0 Å². The van der Waals surface area contributed by atoms with Crippen molar-refractivity contribution in [3.05, 3.63) is 70.9 Å². The lowest BCUT2D eigenvalue weighted by Crippen LogP contribution is -2.29. The van der Waals surface area contributed by atoms with Crippen LogP contribution in [0.1, 0.15) is 52.7 Å². The van der Waals surface area contributed by atoms with Gasteiger partial charge in [0, 0.05) is 24.7 Å². The Kier molecular flexibility index (Phi) is 5.65. The lowest BCUT2D eigenvalue weighted by atomic mass is 9.98. The fourth-order valence-electron chi connectivity index (χ4n) is 5.19. The van der Waals surface area contributed by atoms with E-state index in [0.717, 1.165) is 40.7 Å². The van der Waals surface area contributed by atoms with Gasteiger partial charge in [0.2, 0.25) is 0 Å². The van der Waals surface area contributed by atoms with E-state index in [-0.39, 0.29) is 11.9 Å². The van der Waals surface area contributed by atoms with Gasteiger partial charge in [-0.05, 0) is 87.9 Å². The fourth-order valence-corrected chi connectivity index (χ4v) is 6.30. The van der Waals surface area contributed by atoms with Gasteiger partial charge in [0.05, 0.1) is 37.8 Å². The summed E-state index contributed by atoms with van der Waals surface area (Å²) < 4.78 is 3.20. The van der Waals surface area contributed by atoms with Crippen molar-refractivity contribution in [1.29, 1.82) is 0 Å². The molecule has 5 aromatic rings. The smallest absolute Gasteiger partial charge is 0.254 e. The van der Waals surface area contributed by atoms with Crippen molar-refractivity contribution in [3.63, 3.8) is 0 Å². The van der Waals surface area contributed by atoms with Crippen LogP contribution in [0, 0.1) is 0 Å². The highest BCUT2D eigenvalue weighted by atomic mass is 32.1. The van der Waals surface area contributed by atoms with E-state index in [2.05, 4.69) is 42.1 Å². The van der Waals surface area contributed by atoms with Gasteiger partial charge in [-0.15, -0.1) is 11.3 Å². The molecule has 1 atom stereocenters. The molecule has 8 heteroatoms. The third-order valence-electron chi connectivity index (χ3n) is 7.61. The predicted octanol–water partition coefficient (Wildman–Crippen LogP) is 5.32. The van der Waals surface area contributed by atoms with Gasteiger partial charge in [-0.25, -0.2) is 9.97 Å². The molecule has 1 unspecified atom stereocenters. The summed E-state index contributed by atoms with van der Waals surface area (Å²) in [5, 5.41) is 1.24. The number of amides is 1. The molecule has 1 aliphatic heterocycles. The number of hydrogen-bond acceptors (Lipinski definition) is 6. The van der Waals surface area contributed by atoms with E-state index in [9.17, 15) is 4.79 Å². The topological polar surface area (TPSA) is 79.8 Å². The molecule has 4 heterocycles. The van der Waals surface area contributed by atoms with Crippen LogP contribution in [0.25, 0.3) is 26.8 Å². The van der Waals surface area contributed by atoms with Crippen molar-refractivity contribution in [1.82, 2.24) is 24.2 Å². The molecule has 0 aliphatic carbocycles. The molecule has 1 saturated heterocycles. The summed E-state index contributed by atoms with van der Waals surface area (Å²) in [4.78, 5) is 27.2. The molecular formula is C28H30N6OS. The van der Waals surface area contributed by atoms with E-state index in [1.807, 2.05) is 59.3 Å². The predicted molar refractivity (Wildman–Crippen MR) is 147 cm³/mol. The first-order valence-electron chi connectivity index (χ1n) is 12.4. The molecule has 36 heavy (non-hydrogen) atoms. The number of fused-ring (bicyclic) bond motifs is 4. The van der Waals surface area contributed by atoms with Gasteiger partial charge in [-0.1, -0.05) is 6.07 Å². The number of rotatable bonds is 4. The number of carbonyl (C=O) groups is 1. The Morgan fingerprint density at radius 1 is 1.08 bits per heavy atom. The number of nitrogens with two attached hydrogens (primary N) is 1. The summed E-state index contributed by atoms with van der Waals surface area (Å²) >= 11 is 1.81. The van der Waals surface area contributed by atoms with Crippen LogP contribution in [0.2, 0.25) is 0 Å². The molecule has 0 spiro atoms. The Hall–Kier alpha value is -3.49. The average molecular weight is 499 g/mol. The number of hydrogen-bond donors (Lipinski definition) is 1. The van der Waals surface area contributed by atoms with E-state index in [1.165, 1.54) is 22.5 Å². The molecular weight excluding hydrogens is 468 g/mol. The third-order valence-corrected chi connectivity index (χ3v) is 8.81. The summed E-state index contributed by atoms with van der Waals surface area (Å²) in [7, 11) is 4.05. The van der Waals surface area contributed by atoms with Gasteiger partial charge in [-0.2, -0.15) is 0 Å². The van der Waals surface area contributed by atoms with Gasteiger partial charge < -0.3 is 19.9 Å². The maximum atomic E-state index is 13.5. The Labute approximate surface area is 214 Å². The van der Waals surface area contributed by atoms with Crippen molar-refractivity contribution in [3.8, 4) is 0 Å². The van der Waals surface area contributed by atoms with Crippen LogP contribution >= 0.6 is 11.3 Å². The fraction of sp³-hybridized carbons (Fsp3) is 0.321. The SMILES string of the molecule is CC(c1ccc2sc(C3CCN(C)CC3)nc2c1)N(C)C(=O)c1ccc2nc(N)c3cccn3c2c1. The summed E-state index contributed by atoms with van der Waals surface area (Å²) in [5.41, 5.74) is 11.3. The van der Waals surface area contributed by atoms with Crippen LogP contribution < -0.4 is 5.73 Å². The highest BCUT2D eigenvalue weighted by Gasteiger charge is 2.23. The normalized spacial score (nSPS) is 16.2. The van der Waals surface area contributed by atoms with Crippen LogP contribution in [-0.2, 0) is 0 Å². The van der Waals surface area contributed by atoms with Gasteiger partial charge in [0.1, 0.15) is 5.82 Å². The van der Waals surface area contributed by atoms with Gasteiger partial charge in [-0.3, -0.25) is 4.79 Å². The highest BCUT2D eigenvalue weighted by molar-refractivity contribution is 7.18. The van der Waals surface area contributed by atoms with E-state index in [0.29, 0.717) is 17.3 Å². The molecule has 7 nitrogen and oxygen atoms in total. The second-order valence-electron chi connectivity index (χ2n) is 9.91. The van der Waals surface area contributed by atoms with Crippen molar-refractivity contribution >= 4 is 49.8 Å². The quantitative estimate of drug-likeness (QED) is 0.363. The summed E-state index contributed by atoms with van der Waals surface area (Å²) in [6, 6.07) is 15.8. The average Bonchev–Trinajstić information content (AvgIpc) is 3.55. The van der Waals surface area contributed by atoms with Crippen LogP contribution in [0.3, 0.4) is 0 Å². The minimum Gasteiger partial charge on any atom is -0.382 e. The lowest BCUT2D eigenvalue weighted by molar-refractivity contribution is 0.0743. The van der Waals surface area contributed by atoms with E-state index in [4.69, 9.17) is 10.7 Å². The van der Waals surface area contributed by atoms with E-state index < -0.39 is 0 Å². The minimum atomic E-state index is -0.0952. The Morgan fingerprint density at radius 2 is 1.89 bits per heavy atom. The second kappa shape index (κ2) is 8.87. The molecule has 1 fully saturated rings. The number of likely N-dealkylation sites (tertiary alicyclic amines) is 1. The van der Waals surface area contributed by atoms with Crippen LogP contribution in [0.5, 0.6) is 0 Å². The van der Waals surface area contributed by atoms with Crippen molar-refractivity contribution < 1.29 is 4.79 Å². The molecule has 0 bridgehead atoms. The Balaban J connectivity index is 1.26. The maximum absolute atomic E-state index is 13.5. The van der Waals surface area contributed by atoms with Crippen LogP contribution in [-0.4, -0.2) is 57.3 Å². The molecule has 2 aromatic carbocycles. The number of benzene rings is 2. The van der Waals surface area contributed by atoms with Gasteiger partial charge in [0.15, 0.2) is 0 Å². The summed E-state index contributed by atoms with van der Waals surface area (Å²) in [5.74, 6) is 0.994. The largest absolute Gasteiger partial charge is 0.382 e. The Bertz CT molecular complexity index is 1600. The highest BCUT2D eigenvalue weighted by Crippen LogP contribution is 2.35. The Morgan fingerprint density at radius 3 is 2.69 bits per heavy atom. The van der Waals surface area contributed by atoms with Crippen molar-refractivity contribution in [2.75, 3.05) is 32.9 Å². The summed E-state index contributed by atoms with van der Waals surface area (Å²) in [6.07, 6.45) is 4.28. The summed E-state index contributed by atoms with van der Waals surface area (Å²) in [6.45, 7) is 4.32. The van der Waals surface area contributed by atoms with Gasteiger partial charge in [0.25, 0.3) is 5.91 Å². The zero-order chi connectivity index (χ0) is 25.0. The molecule has 6 rings (SSSR count). The first-order chi connectivity index (χ1) is 17.4. The first-order valence-corrected chi connectivity index (χ1v) is 13.2. The molecule has 1 aliphatic rings. The number of piperidine rings is 1. The molecule has 0 saturated carbocycles. The second-order valence-corrected chi connectivity index (χ2v) is 11.0. The molecule has 184 valence electrons. The van der Waals surface area contributed by atoms with Crippen LogP contribution in [0.4, 0.5) is 5.82 Å².